The van der Waals surface area contributed by atoms with Crippen molar-refractivity contribution in [1.29, 1.82) is 5.26 Å². The Morgan fingerprint density at radius 3 is 2.88 bits per heavy atom. The van der Waals surface area contributed by atoms with Gasteiger partial charge in [0.2, 0.25) is 0 Å². The van der Waals surface area contributed by atoms with E-state index in [4.69, 9.17) is 5.26 Å². The van der Waals surface area contributed by atoms with Gasteiger partial charge in [0.1, 0.15) is 29.9 Å². The quantitative estimate of drug-likeness (QED) is 0.920. The third kappa shape index (κ3) is 3.71. The molecular weight excluding hydrogens is 302 g/mol. The highest BCUT2D eigenvalue weighted by atomic mass is 15.2. The number of anilines is 3. The van der Waals surface area contributed by atoms with E-state index in [9.17, 15) is 0 Å². The summed E-state index contributed by atoms with van der Waals surface area (Å²) in [6.07, 6.45) is 5.39. The maximum absolute atomic E-state index is 8.88. The second-order valence-electron chi connectivity index (χ2n) is 6.10. The Morgan fingerprint density at radius 2 is 2.17 bits per heavy atom. The molecule has 3 heterocycles. The van der Waals surface area contributed by atoms with E-state index in [-0.39, 0.29) is 0 Å². The number of pyridine rings is 1. The van der Waals surface area contributed by atoms with Crippen LogP contribution >= 0.6 is 0 Å². The van der Waals surface area contributed by atoms with Gasteiger partial charge in [0.05, 0.1) is 5.56 Å². The van der Waals surface area contributed by atoms with E-state index >= 15 is 0 Å². The smallest absolute Gasteiger partial charge is 0.133 e. The first kappa shape index (κ1) is 16.0. The van der Waals surface area contributed by atoms with E-state index in [1.54, 1.807) is 12.5 Å². The molecule has 0 amide bonds. The molecule has 1 saturated heterocycles. The third-order valence-corrected chi connectivity index (χ3v) is 4.09. The van der Waals surface area contributed by atoms with Gasteiger partial charge in [-0.25, -0.2) is 15.0 Å². The standard InChI is InChI=1S/C17H21N7/c1-23(2)17-8-15(20-12-21-17)22-14-4-3-7-24(11-14)16-6-5-13(9-18)10-19-16/h5-6,8,10,12,14H,3-4,7,11H2,1-2H3,(H,20,21,22). The summed E-state index contributed by atoms with van der Waals surface area (Å²) in [6, 6.07) is 8.09. The lowest BCUT2D eigenvalue weighted by Gasteiger charge is -2.34. The molecule has 1 N–H and O–H groups in total. The van der Waals surface area contributed by atoms with Crippen LogP contribution in [-0.2, 0) is 0 Å². The fraction of sp³-hybridized carbons (Fsp3) is 0.412. The van der Waals surface area contributed by atoms with Crippen molar-refractivity contribution < 1.29 is 0 Å². The highest BCUT2D eigenvalue weighted by Gasteiger charge is 2.21. The number of nitrogens with zero attached hydrogens (tertiary/aromatic N) is 6. The SMILES string of the molecule is CN(C)c1cc(NC2CCCN(c3ccc(C#N)cn3)C2)ncn1. The minimum atomic E-state index is 0.307. The van der Waals surface area contributed by atoms with Gasteiger partial charge >= 0.3 is 0 Å². The monoisotopic (exact) mass is 323 g/mol. The van der Waals surface area contributed by atoms with Crippen LogP contribution in [-0.4, -0.2) is 48.2 Å². The number of nitriles is 1. The van der Waals surface area contributed by atoms with Gasteiger partial charge in [-0.1, -0.05) is 0 Å². The molecule has 1 aliphatic rings. The lowest BCUT2D eigenvalue weighted by atomic mass is 10.1. The molecule has 1 fully saturated rings. The summed E-state index contributed by atoms with van der Waals surface area (Å²) in [4.78, 5) is 17.2. The maximum atomic E-state index is 8.88. The minimum absolute atomic E-state index is 0.307. The molecule has 1 unspecified atom stereocenters. The molecule has 7 nitrogen and oxygen atoms in total. The summed E-state index contributed by atoms with van der Waals surface area (Å²) in [5.41, 5.74) is 0.586. The first-order chi connectivity index (χ1) is 11.7. The van der Waals surface area contributed by atoms with Crippen molar-refractivity contribution in [2.24, 2.45) is 0 Å². The highest BCUT2D eigenvalue weighted by Crippen LogP contribution is 2.21. The Labute approximate surface area is 142 Å². The van der Waals surface area contributed by atoms with E-state index in [2.05, 4.69) is 31.2 Å². The fourth-order valence-corrected chi connectivity index (χ4v) is 2.82. The van der Waals surface area contributed by atoms with Gasteiger partial charge in [0.25, 0.3) is 0 Å². The zero-order valence-corrected chi connectivity index (χ0v) is 14.0. The van der Waals surface area contributed by atoms with Crippen LogP contribution in [0.4, 0.5) is 17.5 Å². The lowest BCUT2D eigenvalue weighted by molar-refractivity contribution is 0.525. The van der Waals surface area contributed by atoms with Crippen molar-refractivity contribution in [1.82, 2.24) is 15.0 Å². The average molecular weight is 323 g/mol. The molecule has 24 heavy (non-hydrogen) atoms. The van der Waals surface area contributed by atoms with Gasteiger partial charge in [-0.05, 0) is 25.0 Å². The van der Waals surface area contributed by atoms with Crippen LogP contribution in [0, 0.1) is 11.3 Å². The van der Waals surface area contributed by atoms with E-state index in [1.165, 1.54) is 0 Å². The minimum Gasteiger partial charge on any atom is -0.365 e. The van der Waals surface area contributed by atoms with Crippen molar-refractivity contribution in [3.63, 3.8) is 0 Å². The number of hydrogen-bond donors (Lipinski definition) is 1. The van der Waals surface area contributed by atoms with Gasteiger partial charge in [0.15, 0.2) is 0 Å². The molecule has 124 valence electrons. The fourth-order valence-electron chi connectivity index (χ4n) is 2.82. The molecule has 0 bridgehead atoms. The Bertz CT molecular complexity index is 720. The van der Waals surface area contributed by atoms with Crippen LogP contribution in [0.5, 0.6) is 0 Å². The molecule has 0 radical (unpaired) electrons. The predicted octanol–water partition coefficient (Wildman–Crippen LogP) is 1.89. The second kappa shape index (κ2) is 7.13. The number of hydrogen-bond acceptors (Lipinski definition) is 7. The molecule has 0 saturated carbocycles. The van der Waals surface area contributed by atoms with E-state index < -0.39 is 0 Å². The molecule has 3 rings (SSSR count). The van der Waals surface area contributed by atoms with Crippen LogP contribution in [0.15, 0.2) is 30.7 Å². The van der Waals surface area contributed by atoms with E-state index in [0.29, 0.717) is 11.6 Å². The maximum Gasteiger partial charge on any atom is 0.133 e. The summed E-state index contributed by atoms with van der Waals surface area (Å²) in [7, 11) is 3.93. The molecule has 2 aromatic heterocycles. The van der Waals surface area contributed by atoms with Crippen molar-refractivity contribution >= 4 is 17.5 Å². The first-order valence-electron chi connectivity index (χ1n) is 8.03. The van der Waals surface area contributed by atoms with E-state index in [1.807, 2.05) is 37.2 Å². The summed E-state index contributed by atoms with van der Waals surface area (Å²) in [6.45, 7) is 1.84. The number of nitrogens with one attached hydrogen (secondary N) is 1. The van der Waals surface area contributed by atoms with Crippen LogP contribution in [0.25, 0.3) is 0 Å². The zero-order chi connectivity index (χ0) is 16.9. The number of piperidine rings is 1. The topological polar surface area (TPSA) is 81.0 Å². The van der Waals surface area contributed by atoms with Crippen molar-refractivity contribution in [3.05, 3.63) is 36.3 Å². The molecular formula is C17H21N7. The van der Waals surface area contributed by atoms with Gasteiger partial charge < -0.3 is 15.1 Å². The lowest BCUT2D eigenvalue weighted by Crippen LogP contribution is -2.42. The van der Waals surface area contributed by atoms with Crippen molar-refractivity contribution in [3.8, 4) is 6.07 Å². The Balaban J connectivity index is 1.67. The zero-order valence-electron chi connectivity index (χ0n) is 14.0. The summed E-state index contributed by atoms with van der Waals surface area (Å²) in [5.74, 6) is 2.64. The van der Waals surface area contributed by atoms with Crippen molar-refractivity contribution in [2.45, 2.75) is 18.9 Å². The summed E-state index contributed by atoms with van der Waals surface area (Å²) < 4.78 is 0. The molecule has 1 atom stereocenters. The Morgan fingerprint density at radius 1 is 1.29 bits per heavy atom. The van der Waals surface area contributed by atoms with Gasteiger partial charge in [-0.15, -0.1) is 0 Å². The second-order valence-corrected chi connectivity index (χ2v) is 6.10. The van der Waals surface area contributed by atoms with Gasteiger partial charge in [-0.2, -0.15) is 5.26 Å². The van der Waals surface area contributed by atoms with Crippen LogP contribution in [0.2, 0.25) is 0 Å². The summed E-state index contributed by atoms with van der Waals surface area (Å²) in [5, 5.41) is 12.4. The molecule has 7 heteroatoms. The van der Waals surface area contributed by atoms with E-state index in [0.717, 1.165) is 43.4 Å². The number of aromatic nitrogens is 3. The van der Waals surface area contributed by atoms with Gasteiger partial charge in [0, 0.05) is 45.5 Å². The molecule has 1 aliphatic heterocycles. The molecule has 2 aromatic rings. The van der Waals surface area contributed by atoms with Crippen molar-refractivity contribution in [2.75, 3.05) is 42.3 Å². The van der Waals surface area contributed by atoms with Crippen LogP contribution in [0.1, 0.15) is 18.4 Å². The largest absolute Gasteiger partial charge is 0.365 e. The highest BCUT2D eigenvalue weighted by molar-refractivity contribution is 5.49. The summed E-state index contributed by atoms with van der Waals surface area (Å²) >= 11 is 0. The normalized spacial score (nSPS) is 17.2. The molecule has 0 spiro atoms. The Kier molecular flexibility index (Phi) is 4.75. The predicted molar refractivity (Wildman–Crippen MR) is 94.2 cm³/mol. The van der Waals surface area contributed by atoms with Crippen LogP contribution in [0.3, 0.4) is 0 Å². The first-order valence-corrected chi connectivity index (χ1v) is 8.03. The number of rotatable bonds is 4. The third-order valence-electron chi connectivity index (χ3n) is 4.09. The van der Waals surface area contributed by atoms with Crippen LogP contribution < -0.4 is 15.1 Å². The molecule has 0 aromatic carbocycles. The molecule has 0 aliphatic carbocycles. The Hall–Kier alpha value is -2.88. The van der Waals surface area contributed by atoms with Gasteiger partial charge in [-0.3, -0.25) is 0 Å². The average Bonchev–Trinajstić information content (AvgIpc) is 2.62.